The number of aryl methyl sites for hydroxylation is 2. The van der Waals surface area contributed by atoms with Crippen LogP contribution in [0.1, 0.15) is 15.4 Å². The number of amides is 1. The second kappa shape index (κ2) is 7.86. The number of carbonyl (C=O) groups excluding carboxylic acids is 1. The van der Waals surface area contributed by atoms with E-state index in [1.807, 2.05) is 49.4 Å². The summed E-state index contributed by atoms with van der Waals surface area (Å²) < 4.78 is 5.81. The minimum absolute atomic E-state index is 0.110. The van der Waals surface area contributed by atoms with Crippen LogP contribution in [0.15, 0.2) is 65.7 Å². The summed E-state index contributed by atoms with van der Waals surface area (Å²) in [6.07, 6.45) is 3.49. The first-order valence-corrected chi connectivity index (χ1v) is 10.6. The second-order valence-electron chi connectivity index (χ2n) is 7.33. The van der Waals surface area contributed by atoms with E-state index in [9.17, 15) is 9.59 Å². The summed E-state index contributed by atoms with van der Waals surface area (Å²) in [4.78, 5) is 37.2. The molecule has 0 saturated heterocycles. The average molecular weight is 443 g/mol. The maximum absolute atomic E-state index is 12.8. The number of nitrogens with one attached hydrogen (secondary N) is 2. The number of pyridine rings is 2. The summed E-state index contributed by atoms with van der Waals surface area (Å²) in [5, 5.41) is 3.84. The SMILES string of the molecule is Cc1ccc(NC(=O)c2nc(-c3ccccc3)ns2)nc1-c1cn(C)c(=O)c2[nH]ccc12. The number of anilines is 1. The fourth-order valence-corrected chi connectivity index (χ4v) is 4.10. The van der Waals surface area contributed by atoms with Gasteiger partial charge in [0.05, 0.1) is 5.69 Å². The highest BCUT2D eigenvalue weighted by Gasteiger charge is 2.17. The summed E-state index contributed by atoms with van der Waals surface area (Å²) in [5.41, 5.74) is 3.67. The van der Waals surface area contributed by atoms with E-state index < -0.39 is 0 Å². The summed E-state index contributed by atoms with van der Waals surface area (Å²) in [6.45, 7) is 1.94. The predicted octanol–water partition coefficient (Wildman–Crippen LogP) is 4.01. The van der Waals surface area contributed by atoms with Crippen LogP contribution in [0.4, 0.5) is 5.82 Å². The highest BCUT2D eigenvalue weighted by Crippen LogP contribution is 2.29. The van der Waals surface area contributed by atoms with Crippen LogP contribution in [-0.2, 0) is 7.05 Å². The average Bonchev–Trinajstić information content (AvgIpc) is 3.49. The highest BCUT2D eigenvalue weighted by atomic mass is 32.1. The molecule has 1 amide bonds. The molecule has 0 aliphatic carbocycles. The van der Waals surface area contributed by atoms with Crippen molar-refractivity contribution < 1.29 is 4.79 Å². The number of hydrogen-bond acceptors (Lipinski definition) is 6. The lowest BCUT2D eigenvalue weighted by molar-refractivity contribution is 0.102. The minimum atomic E-state index is -0.376. The first kappa shape index (κ1) is 19.8. The summed E-state index contributed by atoms with van der Waals surface area (Å²) in [6, 6.07) is 15.0. The Balaban J connectivity index is 1.47. The van der Waals surface area contributed by atoms with E-state index in [2.05, 4.69) is 24.6 Å². The van der Waals surface area contributed by atoms with E-state index >= 15 is 0 Å². The molecule has 0 bridgehead atoms. The quantitative estimate of drug-likeness (QED) is 0.438. The van der Waals surface area contributed by atoms with Crippen molar-refractivity contribution in [3.8, 4) is 22.6 Å². The lowest BCUT2D eigenvalue weighted by Gasteiger charge is -2.11. The molecule has 4 aromatic heterocycles. The van der Waals surface area contributed by atoms with Gasteiger partial charge in [-0.25, -0.2) is 9.97 Å². The molecule has 0 unspecified atom stereocenters. The normalized spacial score (nSPS) is 11.1. The van der Waals surface area contributed by atoms with Gasteiger partial charge in [0.1, 0.15) is 11.3 Å². The van der Waals surface area contributed by atoms with Crippen molar-refractivity contribution in [3.63, 3.8) is 0 Å². The van der Waals surface area contributed by atoms with Crippen LogP contribution in [0.3, 0.4) is 0 Å². The zero-order chi connectivity index (χ0) is 22.2. The van der Waals surface area contributed by atoms with Gasteiger partial charge in [-0.2, -0.15) is 4.37 Å². The molecular weight excluding hydrogens is 424 g/mol. The number of aromatic nitrogens is 5. The third-order valence-electron chi connectivity index (χ3n) is 5.14. The van der Waals surface area contributed by atoms with Gasteiger partial charge >= 0.3 is 0 Å². The Morgan fingerprint density at radius 3 is 2.72 bits per heavy atom. The van der Waals surface area contributed by atoms with Gasteiger partial charge < -0.3 is 14.9 Å². The van der Waals surface area contributed by atoms with Gasteiger partial charge in [-0.15, -0.1) is 0 Å². The fraction of sp³-hybridized carbons (Fsp3) is 0.0870. The monoisotopic (exact) mass is 442 g/mol. The number of fused-ring (bicyclic) bond motifs is 1. The number of rotatable bonds is 4. The summed E-state index contributed by atoms with van der Waals surface area (Å²) in [5.74, 6) is 0.530. The molecule has 8 nitrogen and oxygen atoms in total. The van der Waals surface area contributed by atoms with Gasteiger partial charge in [-0.3, -0.25) is 9.59 Å². The third-order valence-corrected chi connectivity index (χ3v) is 5.85. The smallest absolute Gasteiger partial charge is 0.287 e. The van der Waals surface area contributed by atoms with Crippen molar-refractivity contribution in [1.29, 1.82) is 0 Å². The van der Waals surface area contributed by atoms with Crippen molar-refractivity contribution in [2.45, 2.75) is 6.92 Å². The Morgan fingerprint density at radius 2 is 1.91 bits per heavy atom. The van der Waals surface area contributed by atoms with Gasteiger partial charge in [0.15, 0.2) is 5.82 Å². The van der Waals surface area contributed by atoms with Crippen molar-refractivity contribution in [3.05, 3.63) is 81.8 Å². The molecule has 0 atom stereocenters. The van der Waals surface area contributed by atoms with Crippen molar-refractivity contribution in [1.82, 2.24) is 23.9 Å². The molecule has 0 spiro atoms. The maximum atomic E-state index is 12.8. The zero-order valence-electron chi connectivity index (χ0n) is 17.3. The lowest BCUT2D eigenvalue weighted by Crippen LogP contribution is -2.17. The van der Waals surface area contributed by atoms with Crippen LogP contribution in [0.2, 0.25) is 0 Å². The highest BCUT2D eigenvalue weighted by molar-refractivity contribution is 7.08. The topological polar surface area (TPSA) is 106 Å². The van der Waals surface area contributed by atoms with Crippen LogP contribution in [0.25, 0.3) is 33.5 Å². The molecule has 0 aliphatic heterocycles. The molecule has 2 N–H and O–H groups in total. The van der Waals surface area contributed by atoms with E-state index in [-0.39, 0.29) is 16.5 Å². The molecule has 32 heavy (non-hydrogen) atoms. The first-order chi connectivity index (χ1) is 15.5. The van der Waals surface area contributed by atoms with Gasteiger partial charge in [0, 0.05) is 36.0 Å². The van der Waals surface area contributed by atoms with Gasteiger partial charge in [0.2, 0.25) is 5.01 Å². The molecule has 0 saturated carbocycles. The number of benzene rings is 1. The second-order valence-corrected chi connectivity index (χ2v) is 8.08. The van der Waals surface area contributed by atoms with Crippen molar-refractivity contribution in [2.75, 3.05) is 5.32 Å². The van der Waals surface area contributed by atoms with Crippen LogP contribution < -0.4 is 10.9 Å². The summed E-state index contributed by atoms with van der Waals surface area (Å²) in [7, 11) is 1.70. The van der Waals surface area contributed by atoms with Crippen LogP contribution >= 0.6 is 11.5 Å². The standard InChI is InChI=1S/C23H18N6O2S/c1-13-8-9-17(25-18(13)16-12-29(2)23(31)19-15(16)10-11-24-19)26-21(30)22-27-20(28-32-22)14-6-4-3-5-7-14/h3-12,24H,1-2H3,(H,25,26,30). The number of aromatic amines is 1. The number of H-pyrrole nitrogens is 1. The zero-order valence-corrected chi connectivity index (χ0v) is 18.1. The Morgan fingerprint density at radius 1 is 1.09 bits per heavy atom. The Kier molecular flexibility index (Phi) is 4.87. The molecule has 0 radical (unpaired) electrons. The fourth-order valence-electron chi connectivity index (χ4n) is 3.52. The summed E-state index contributed by atoms with van der Waals surface area (Å²) >= 11 is 1.04. The Labute approximate surface area is 186 Å². The van der Waals surface area contributed by atoms with Crippen molar-refractivity contribution in [2.24, 2.45) is 7.05 Å². The first-order valence-electron chi connectivity index (χ1n) is 9.86. The van der Waals surface area contributed by atoms with Crippen LogP contribution in [-0.4, -0.2) is 29.8 Å². The van der Waals surface area contributed by atoms with E-state index in [4.69, 9.17) is 0 Å². The van der Waals surface area contributed by atoms with E-state index in [0.717, 1.165) is 33.6 Å². The lowest BCUT2D eigenvalue weighted by atomic mass is 10.1. The largest absolute Gasteiger partial charge is 0.357 e. The van der Waals surface area contributed by atoms with E-state index in [1.165, 1.54) is 4.57 Å². The molecule has 9 heteroatoms. The predicted molar refractivity (Wildman–Crippen MR) is 125 cm³/mol. The van der Waals surface area contributed by atoms with Crippen LogP contribution in [0.5, 0.6) is 0 Å². The molecule has 158 valence electrons. The Bertz CT molecular complexity index is 1520. The van der Waals surface area contributed by atoms with Crippen molar-refractivity contribution >= 4 is 34.2 Å². The van der Waals surface area contributed by atoms with Crippen LogP contribution in [0, 0.1) is 6.92 Å². The Hall–Kier alpha value is -4.11. The third kappa shape index (κ3) is 3.48. The number of nitrogens with zero attached hydrogens (tertiary/aromatic N) is 4. The van der Waals surface area contributed by atoms with E-state index in [0.29, 0.717) is 22.9 Å². The van der Waals surface area contributed by atoms with Gasteiger partial charge in [-0.1, -0.05) is 36.4 Å². The molecule has 0 fully saturated rings. The maximum Gasteiger partial charge on any atom is 0.287 e. The molecule has 5 rings (SSSR count). The van der Waals surface area contributed by atoms with E-state index in [1.54, 1.807) is 25.5 Å². The van der Waals surface area contributed by atoms with Gasteiger partial charge in [-0.05, 0) is 36.2 Å². The van der Waals surface area contributed by atoms with Gasteiger partial charge in [0.25, 0.3) is 11.5 Å². The number of carbonyl (C=O) groups is 1. The molecular formula is C23H18N6O2S. The number of hydrogen-bond donors (Lipinski definition) is 2. The molecule has 5 aromatic rings. The molecule has 4 heterocycles. The molecule has 1 aromatic carbocycles. The molecule has 0 aliphatic rings. The minimum Gasteiger partial charge on any atom is -0.357 e.